The molecule has 0 atom stereocenters. The Labute approximate surface area is 137 Å². The van der Waals surface area contributed by atoms with Crippen LogP contribution < -0.4 is 10.3 Å². The lowest BCUT2D eigenvalue weighted by Crippen LogP contribution is -2.23. The molecule has 6 heteroatoms. The van der Waals surface area contributed by atoms with Crippen molar-refractivity contribution >= 4 is 21.6 Å². The Bertz CT molecular complexity index is 920. The summed E-state index contributed by atoms with van der Waals surface area (Å²) in [5.41, 5.74) is 0.557. The third-order valence-electron chi connectivity index (χ3n) is 3.50. The number of ether oxygens (including phenoxy) is 1. The first-order chi connectivity index (χ1) is 11.2. The predicted molar refractivity (Wildman–Crippen MR) is 89.9 cm³/mol. The molecule has 0 spiro atoms. The molecular weight excluding hydrogens is 310 g/mol. The smallest absolute Gasteiger partial charge is 0.262 e. The van der Waals surface area contributed by atoms with Crippen molar-refractivity contribution in [2.45, 2.75) is 19.9 Å². The number of hydrogen-bond donors (Lipinski definition) is 0. The van der Waals surface area contributed by atoms with E-state index in [4.69, 9.17) is 10.00 Å². The minimum Gasteiger partial charge on any atom is -0.492 e. The first-order valence-corrected chi connectivity index (χ1v) is 8.13. The van der Waals surface area contributed by atoms with E-state index >= 15 is 0 Å². The van der Waals surface area contributed by atoms with Crippen molar-refractivity contribution in [3.05, 3.63) is 57.5 Å². The van der Waals surface area contributed by atoms with Gasteiger partial charge in [0.2, 0.25) is 0 Å². The summed E-state index contributed by atoms with van der Waals surface area (Å²) < 4.78 is 7.18. The topological polar surface area (TPSA) is 67.9 Å². The van der Waals surface area contributed by atoms with E-state index in [9.17, 15) is 4.79 Å². The Kier molecular flexibility index (Phi) is 4.40. The van der Waals surface area contributed by atoms with Crippen LogP contribution in [0.15, 0.2) is 41.5 Å². The lowest BCUT2D eigenvalue weighted by molar-refractivity contribution is 0.296. The number of thiophene rings is 1. The maximum absolute atomic E-state index is 12.4. The average Bonchev–Trinajstić information content (AvgIpc) is 3.02. The summed E-state index contributed by atoms with van der Waals surface area (Å²) >= 11 is 1.56. The molecule has 0 aliphatic heterocycles. The number of rotatable bonds is 5. The zero-order chi connectivity index (χ0) is 16.2. The molecule has 0 fully saturated rings. The van der Waals surface area contributed by atoms with E-state index in [1.54, 1.807) is 46.5 Å². The van der Waals surface area contributed by atoms with E-state index in [-0.39, 0.29) is 5.56 Å². The highest BCUT2D eigenvalue weighted by Gasteiger charge is 2.08. The van der Waals surface area contributed by atoms with Gasteiger partial charge in [0.25, 0.3) is 5.56 Å². The highest BCUT2D eigenvalue weighted by molar-refractivity contribution is 7.18. The molecule has 0 saturated carbocycles. The summed E-state index contributed by atoms with van der Waals surface area (Å²) in [4.78, 5) is 18.7. The van der Waals surface area contributed by atoms with Gasteiger partial charge in [0, 0.05) is 4.88 Å². The molecule has 0 aliphatic carbocycles. The summed E-state index contributed by atoms with van der Waals surface area (Å²) in [7, 11) is 0. The highest BCUT2D eigenvalue weighted by atomic mass is 32.1. The van der Waals surface area contributed by atoms with Crippen molar-refractivity contribution in [3.63, 3.8) is 0 Å². The van der Waals surface area contributed by atoms with Crippen LogP contribution in [0.3, 0.4) is 0 Å². The van der Waals surface area contributed by atoms with Crippen LogP contribution in [0.1, 0.15) is 17.4 Å². The van der Waals surface area contributed by atoms with Crippen molar-refractivity contribution in [2.24, 2.45) is 0 Å². The molecule has 0 amide bonds. The van der Waals surface area contributed by atoms with E-state index in [0.29, 0.717) is 29.9 Å². The van der Waals surface area contributed by atoms with E-state index in [1.807, 2.05) is 6.07 Å². The maximum Gasteiger partial charge on any atom is 0.262 e. The zero-order valence-electron chi connectivity index (χ0n) is 12.7. The highest BCUT2D eigenvalue weighted by Crippen LogP contribution is 2.21. The van der Waals surface area contributed by atoms with E-state index in [0.717, 1.165) is 16.1 Å². The Balaban J connectivity index is 1.70. The van der Waals surface area contributed by atoms with Crippen LogP contribution in [0.4, 0.5) is 0 Å². The largest absolute Gasteiger partial charge is 0.492 e. The van der Waals surface area contributed by atoms with Crippen LogP contribution in [-0.4, -0.2) is 16.2 Å². The summed E-state index contributed by atoms with van der Waals surface area (Å²) in [6.45, 7) is 2.86. The molecule has 5 nitrogen and oxygen atoms in total. The Morgan fingerprint density at radius 1 is 1.35 bits per heavy atom. The summed E-state index contributed by atoms with van der Waals surface area (Å²) in [5, 5.41) is 9.43. The second-order valence-electron chi connectivity index (χ2n) is 5.01. The van der Waals surface area contributed by atoms with Crippen molar-refractivity contribution in [1.82, 2.24) is 9.55 Å². The van der Waals surface area contributed by atoms with Crippen LogP contribution >= 0.6 is 11.3 Å². The number of aromatic nitrogens is 2. The first kappa shape index (κ1) is 15.3. The van der Waals surface area contributed by atoms with Gasteiger partial charge in [0.1, 0.15) is 17.2 Å². The fourth-order valence-electron chi connectivity index (χ4n) is 2.23. The summed E-state index contributed by atoms with van der Waals surface area (Å²) in [5.74, 6) is 0.676. The van der Waals surface area contributed by atoms with Gasteiger partial charge < -0.3 is 4.74 Å². The molecule has 0 N–H and O–H groups in total. The SMILES string of the molecule is CCc1cc2c(=O)n(CCOc3ccc(C#N)cc3)cnc2s1. The van der Waals surface area contributed by atoms with Crippen LogP contribution in [-0.2, 0) is 13.0 Å². The van der Waals surface area contributed by atoms with Crippen molar-refractivity contribution < 1.29 is 4.74 Å². The lowest BCUT2D eigenvalue weighted by Gasteiger charge is -2.08. The number of aryl methyl sites for hydroxylation is 1. The van der Waals surface area contributed by atoms with Crippen LogP contribution in [0.2, 0.25) is 0 Å². The zero-order valence-corrected chi connectivity index (χ0v) is 13.5. The summed E-state index contributed by atoms with van der Waals surface area (Å²) in [6.07, 6.45) is 2.48. The predicted octanol–water partition coefficient (Wildman–Crippen LogP) is 2.97. The number of benzene rings is 1. The van der Waals surface area contributed by atoms with Crippen LogP contribution in [0, 0.1) is 11.3 Å². The van der Waals surface area contributed by atoms with Gasteiger partial charge in [-0.15, -0.1) is 11.3 Å². The monoisotopic (exact) mass is 325 g/mol. The molecule has 2 heterocycles. The fourth-order valence-corrected chi connectivity index (χ4v) is 3.16. The Morgan fingerprint density at radius 2 is 2.13 bits per heavy atom. The molecule has 3 aromatic rings. The third kappa shape index (κ3) is 3.25. The second kappa shape index (κ2) is 6.63. The molecule has 0 saturated heterocycles. The Morgan fingerprint density at radius 3 is 2.83 bits per heavy atom. The van der Waals surface area contributed by atoms with Gasteiger partial charge >= 0.3 is 0 Å². The molecule has 0 aliphatic rings. The van der Waals surface area contributed by atoms with Gasteiger partial charge in [-0.25, -0.2) is 4.98 Å². The lowest BCUT2D eigenvalue weighted by atomic mass is 10.2. The minimum absolute atomic E-state index is 0.0330. The first-order valence-electron chi connectivity index (χ1n) is 7.32. The van der Waals surface area contributed by atoms with Crippen LogP contribution in [0.5, 0.6) is 5.75 Å². The molecule has 0 unspecified atom stereocenters. The molecule has 0 radical (unpaired) electrons. The number of nitrogens with zero attached hydrogens (tertiary/aromatic N) is 3. The van der Waals surface area contributed by atoms with Gasteiger partial charge in [-0.05, 0) is 36.8 Å². The molecular formula is C17H15N3O2S. The second-order valence-corrected chi connectivity index (χ2v) is 6.13. The van der Waals surface area contributed by atoms with Crippen molar-refractivity contribution in [1.29, 1.82) is 5.26 Å². The van der Waals surface area contributed by atoms with Gasteiger partial charge in [-0.2, -0.15) is 5.26 Å². The maximum atomic E-state index is 12.4. The number of nitriles is 1. The molecule has 116 valence electrons. The minimum atomic E-state index is -0.0330. The quantitative estimate of drug-likeness (QED) is 0.723. The molecule has 2 aromatic heterocycles. The molecule has 1 aromatic carbocycles. The molecule has 0 bridgehead atoms. The standard InChI is InChI=1S/C17H15N3O2S/c1-2-14-9-15-16(23-14)19-11-20(17(15)21)7-8-22-13-5-3-12(10-18)4-6-13/h3-6,9,11H,2,7-8H2,1H3. The Hall–Kier alpha value is -2.65. The average molecular weight is 325 g/mol. The van der Waals surface area contributed by atoms with Crippen molar-refractivity contribution in [2.75, 3.05) is 6.61 Å². The molecule has 23 heavy (non-hydrogen) atoms. The third-order valence-corrected chi connectivity index (χ3v) is 4.69. The van der Waals surface area contributed by atoms with E-state index in [1.165, 1.54) is 0 Å². The van der Waals surface area contributed by atoms with Gasteiger partial charge in [0.05, 0.1) is 29.9 Å². The van der Waals surface area contributed by atoms with Crippen molar-refractivity contribution in [3.8, 4) is 11.8 Å². The van der Waals surface area contributed by atoms with Gasteiger partial charge in [0.15, 0.2) is 0 Å². The normalized spacial score (nSPS) is 10.6. The number of hydrogen-bond acceptors (Lipinski definition) is 5. The fraction of sp³-hybridized carbons (Fsp3) is 0.235. The van der Waals surface area contributed by atoms with Crippen LogP contribution in [0.25, 0.3) is 10.2 Å². The van der Waals surface area contributed by atoms with E-state index < -0.39 is 0 Å². The van der Waals surface area contributed by atoms with Gasteiger partial charge in [-0.3, -0.25) is 9.36 Å². The van der Waals surface area contributed by atoms with E-state index in [2.05, 4.69) is 18.0 Å². The summed E-state index contributed by atoms with van der Waals surface area (Å²) in [6, 6.07) is 10.9. The van der Waals surface area contributed by atoms with Gasteiger partial charge in [-0.1, -0.05) is 6.92 Å². The molecule has 3 rings (SSSR count). The number of fused-ring (bicyclic) bond motifs is 1.